The number of likely N-dealkylation sites (N-methyl/N-ethyl adjacent to an activating group) is 1. The van der Waals surface area contributed by atoms with E-state index in [0.29, 0.717) is 17.4 Å². The molecule has 2 unspecified atom stereocenters. The highest BCUT2D eigenvalue weighted by molar-refractivity contribution is 5.71. The number of ether oxygens (including phenoxy) is 4. The molecule has 0 aliphatic rings. The standard InChI is InChI=1S/C90H155NO8/c1-6-8-10-12-14-16-18-20-22-24-26-28-30-32-34-36-38-40-42-43-44-45-47-48-50-52-54-56-58-60-62-64-66-68-70-72-74-76-78-80-87(92)97-84-86(85-98-90(89(94)95)96-83-82-91(3,4)5)99-88(93)81-79-77-75-73-71-69-67-65-63-61-59-57-55-53-51-49-46-41-39-37-35-33-31-29-27-25-23-21-19-17-15-13-11-9-7-2/h8-11,14-17,20-23,26-29,32-35,39,41,86,90H,6-7,12-13,18-19,24-25,30-31,36-38,40,42-85H2,1-5H3/p+1/b10-8-,11-9-,16-14-,17-15-,22-20-,23-21-,28-26-,29-27-,34-32-,35-33-,41-39-. The molecule has 0 aromatic carbocycles. The third-order valence-corrected chi connectivity index (χ3v) is 17.9. The fraction of sp³-hybridized carbons (Fsp3) is 0.722. The number of allylic oxidation sites excluding steroid dienone is 22. The summed E-state index contributed by atoms with van der Waals surface area (Å²) in [6, 6.07) is 0. The zero-order valence-electron chi connectivity index (χ0n) is 65.1. The minimum Gasteiger partial charge on any atom is -0.477 e. The summed E-state index contributed by atoms with van der Waals surface area (Å²) in [6.07, 6.45) is 112. The highest BCUT2D eigenvalue weighted by Crippen LogP contribution is 2.19. The molecule has 99 heavy (non-hydrogen) atoms. The average Bonchev–Trinajstić information content (AvgIpc) is 1.16. The predicted octanol–water partition coefficient (Wildman–Crippen LogP) is 26.8. The van der Waals surface area contributed by atoms with Gasteiger partial charge in [0.2, 0.25) is 0 Å². The Morgan fingerprint density at radius 2 is 0.545 bits per heavy atom. The van der Waals surface area contributed by atoms with Crippen molar-refractivity contribution in [2.45, 2.75) is 373 Å². The van der Waals surface area contributed by atoms with Gasteiger partial charge in [0.15, 0.2) is 6.10 Å². The Kier molecular flexibility index (Phi) is 75.5. The molecule has 0 aliphatic heterocycles. The number of aliphatic carboxylic acids is 1. The van der Waals surface area contributed by atoms with E-state index in [1.807, 2.05) is 21.1 Å². The Morgan fingerprint density at radius 3 is 0.808 bits per heavy atom. The predicted molar refractivity (Wildman–Crippen MR) is 428 cm³/mol. The van der Waals surface area contributed by atoms with E-state index in [1.54, 1.807) is 0 Å². The maximum absolute atomic E-state index is 13.0. The molecular weight excluding hydrogens is 1220 g/mol. The summed E-state index contributed by atoms with van der Waals surface area (Å²) < 4.78 is 23.1. The van der Waals surface area contributed by atoms with Crippen LogP contribution in [0, 0.1) is 0 Å². The minimum absolute atomic E-state index is 0.182. The van der Waals surface area contributed by atoms with Gasteiger partial charge >= 0.3 is 17.9 Å². The smallest absolute Gasteiger partial charge is 0.361 e. The molecule has 0 aromatic heterocycles. The lowest BCUT2D eigenvalue weighted by Gasteiger charge is -2.25. The number of hydrogen-bond acceptors (Lipinski definition) is 7. The van der Waals surface area contributed by atoms with Gasteiger partial charge < -0.3 is 28.5 Å². The molecular formula is C90H156NO8+. The molecule has 0 radical (unpaired) electrons. The monoisotopic (exact) mass is 1380 g/mol. The zero-order chi connectivity index (χ0) is 71.8. The first-order valence-electron chi connectivity index (χ1n) is 41.3. The van der Waals surface area contributed by atoms with Gasteiger partial charge in [0, 0.05) is 12.8 Å². The Bertz CT molecular complexity index is 2100. The van der Waals surface area contributed by atoms with Crippen LogP contribution in [0.2, 0.25) is 0 Å². The van der Waals surface area contributed by atoms with E-state index in [1.165, 1.54) is 225 Å². The fourth-order valence-electron chi connectivity index (χ4n) is 11.7. The summed E-state index contributed by atoms with van der Waals surface area (Å²) in [6.45, 7) is 4.69. The second-order valence-corrected chi connectivity index (χ2v) is 28.7. The van der Waals surface area contributed by atoms with Gasteiger partial charge in [0.25, 0.3) is 6.29 Å². The summed E-state index contributed by atoms with van der Waals surface area (Å²) in [5, 5.41) is 9.78. The van der Waals surface area contributed by atoms with Crippen LogP contribution in [0.3, 0.4) is 0 Å². The van der Waals surface area contributed by atoms with Crippen LogP contribution in [0.4, 0.5) is 0 Å². The Balaban J connectivity index is 3.99. The number of hydrogen-bond donors (Lipinski definition) is 1. The van der Waals surface area contributed by atoms with Crippen molar-refractivity contribution >= 4 is 17.9 Å². The van der Waals surface area contributed by atoms with Crippen molar-refractivity contribution in [2.75, 3.05) is 47.5 Å². The first-order chi connectivity index (χ1) is 48.6. The molecule has 9 nitrogen and oxygen atoms in total. The number of unbranched alkanes of at least 4 members (excludes halogenated alkanes) is 39. The molecule has 2 atom stereocenters. The quantitative estimate of drug-likeness (QED) is 0.0211. The highest BCUT2D eigenvalue weighted by atomic mass is 16.7. The lowest BCUT2D eigenvalue weighted by molar-refractivity contribution is -0.870. The van der Waals surface area contributed by atoms with Crippen LogP contribution in [-0.4, -0.2) is 87.4 Å². The van der Waals surface area contributed by atoms with Crippen LogP contribution in [0.1, 0.15) is 361 Å². The molecule has 0 fully saturated rings. The number of quaternary nitrogens is 1. The van der Waals surface area contributed by atoms with Crippen molar-refractivity contribution in [2.24, 2.45) is 0 Å². The lowest BCUT2D eigenvalue weighted by atomic mass is 10.0. The summed E-state index contributed by atoms with van der Waals surface area (Å²) in [5.74, 6) is -1.99. The van der Waals surface area contributed by atoms with Crippen molar-refractivity contribution in [3.63, 3.8) is 0 Å². The van der Waals surface area contributed by atoms with Crippen LogP contribution in [-0.2, 0) is 33.3 Å². The van der Waals surface area contributed by atoms with Crippen molar-refractivity contribution < 1.29 is 42.9 Å². The largest absolute Gasteiger partial charge is 0.477 e. The van der Waals surface area contributed by atoms with Crippen LogP contribution in [0.15, 0.2) is 134 Å². The maximum Gasteiger partial charge on any atom is 0.361 e. The Labute approximate surface area is 611 Å². The number of carboxylic acids is 1. The van der Waals surface area contributed by atoms with E-state index in [2.05, 4.69) is 148 Å². The first kappa shape index (κ1) is 94.4. The summed E-state index contributed by atoms with van der Waals surface area (Å²) in [5.41, 5.74) is 0. The summed E-state index contributed by atoms with van der Waals surface area (Å²) >= 11 is 0. The van der Waals surface area contributed by atoms with Crippen LogP contribution in [0.5, 0.6) is 0 Å². The molecule has 0 rings (SSSR count). The SMILES string of the molecule is CC/C=C\C/C=C\C/C=C\C/C=C\C/C=C\C/C=C\CCCCCCCCCCCCCCCCCCC(=O)OC(COC(=O)CCCCCCCCCCCCCCCCCCCCCCCCC/C=C\C/C=C\C/C=C\C/C=C\C/C=C\CC)COC(OCC[N+](C)(C)C)C(=O)O. The second-order valence-electron chi connectivity index (χ2n) is 28.7. The highest BCUT2D eigenvalue weighted by Gasteiger charge is 2.25. The van der Waals surface area contributed by atoms with Gasteiger partial charge in [0.1, 0.15) is 13.2 Å². The zero-order valence-corrected chi connectivity index (χ0v) is 65.1. The van der Waals surface area contributed by atoms with Crippen molar-refractivity contribution in [3.05, 3.63) is 134 Å². The number of nitrogens with zero attached hydrogens (tertiary/aromatic N) is 1. The molecule has 568 valence electrons. The van der Waals surface area contributed by atoms with Crippen LogP contribution in [0.25, 0.3) is 0 Å². The van der Waals surface area contributed by atoms with Gasteiger partial charge in [-0.05, 0) is 109 Å². The topological polar surface area (TPSA) is 108 Å². The molecule has 0 bridgehead atoms. The van der Waals surface area contributed by atoms with E-state index >= 15 is 0 Å². The van der Waals surface area contributed by atoms with E-state index in [4.69, 9.17) is 18.9 Å². The van der Waals surface area contributed by atoms with Gasteiger partial charge in [-0.3, -0.25) is 9.59 Å². The van der Waals surface area contributed by atoms with Gasteiger partial charge in [-0.2, -0.15) is 0 Å². The van der Waals surface area contributed by atoms with Gasteiger partial charge in [-0.25, -0.2) is 4.79 Å². The molecule has 0 saturated heterocycles. The maximum atomic E-state index is 13.0. The second kappa shape index (κ2) is 79.1. The van der Waals surface area contributed by atoms with Crippen LogP contribution >= 0.6 is 0 Å². The van der Waals surface area contributed by atoms with Gasteiger partial charge in [0.05, 0.1) is 34.4 Å². The molecule has 9 heteroatoms. The van der Waals surface area contributed by atoms with Crippen LogP contribution < -0.4 is 0 Å². The first-order valence-corrected chi connectivity index (χ1v) is 41.3. The lowest BCUT2D eigenvalue weighted by Crippen LogP contribution is -2.40. The third-order valence-electron chi connectivity index (χ3n) is 17.9. The molecule has 0 heterocycles. The molecule has 0 amide bonds. The summed E-state index contributed by atoms with van der Waals surface area (Å²) in [7, 11) is 5.99. The van der Waals surface area contributed by atoms with Gasteiger partial charge in [-0.1, -0.05) is 372 Å². The van der Waals surface area contributed by atoms with E-state index in [-0.39, 0.29) is 32.2 Å². The average molecular weight is 1380 g/mol. The number of carbonyl (C=O) groups is 3. The Morgan fingerprint density at radius 1 is 0.303 bits per heavy atom. The van der Waals surface area contributed by atoms with Crippen molar-refractivity contribution in [3.8, 4) is 0 Å². The normalized spacial score (nSPS) is 13.3. The number of carboxylic acid groups (broad SMARTS) is 1. The molecule has 1 N–H and O–H groups in total. The fourth-order valence-corrected chi connectivity index (χ4v) is 11.7. The van der Waals surface area contributed by atoms with E-state index in [0.717, 1.165) is 109 Å². The summed E-state index contributed by atoms with van der Waals surface area (Å²) in [4.78, 5) is 37.8. The number of esters is 2. The number of carbonyl (C=O) groups excluding carboxylic acids is 2. The molecule has 0 aromatic rings. The third kappa shape index (κ3) is 80.6. The van der Waals surface area contributed by atoms with Gasteiger partial charge in [-0.15, -0.1) is 0 Å². The van der Waals surface area contributed by atoms with E-state index < -0.39 is 24.3 Å². The number of rotatable bonds is 76. The van der Waals surface area contributed by atoms with Crippen molar-refractivity contribution in [1.82, 2.24) is 0 Å². The molecule has 0 spiro atoms. The van der Waals surface area contributed by atoms with Crippen molar-refractivity contribution in [1.29, 1.82) is 0 Å². The molecule has 0 aliphatic carbocycles. The molecule has 0 saturated carbocycles. The Hall–Kier alpha value is -4.57. The minimum atomic E-state index is -1.52. The van der Waals surface area contributed by atoms with E-state index in [9.17, 15) is 19.5 Å².